The van der Waals surface area contributed by atoms with Crippen molar-refractivity contribution in [2.45, 2.75) is 23.5 Å². The van der Waals surface area contributed by atoms with E-state index < -0.39 is 28.1 Å². The number of hydrogen-bond acceptors (Lipinski definition) is 6. The molecule has 0 amide bonds. The van der Waals surface area contributed by atoms with Gasteiger partial charge in [-0.2, -0.15) is 4.31 Å². The molecule has 0 bridgehead atoms. The fourth-order valence-corrected chi connectivity index (χ4v) is 3.91. The van der Waals surface area contributed by atoms with Crippen LogP contribution in [0.4, 0.5) is 0 Å². The highest BCUT2D eigenvalue weighted by atomic mass is 32.2. The van der Waals surface area contributed by atoms with Gasteiger partial charge in [0, 0.05) is 13.0 Å². The number of methoxy groups -OCH3 is 2. The summed E-state index contributed by atoms with van der Waals surface area (Å²) in [4.78, 5) is 11.7. The molecule has 116 valence electrons. The summed E-state index contributed by atoms with van der Waals surface area (Å²) >= 11 is 0. The summed E-state index contributed by atoms with van der Waals surface area (Å²) < 4.78 is 35.7. The minimum atomic E-state index is -3.88. The van der Waals surface area contributed by atoms with E-state index in [1.807, 2.05) is 0 Å². The number of nitrogens with zero attached hydrogens (tertiary/aromatic N) is 1. The summed E-state index contributed by atoms with van der Waals surface area (Å²) in [7, 11) is -1.22. The second-order valence-corrected chi connectivity index (χ2v) is 6.57. The fraction of sp³-hybridized carbons (Fsp3) is 0.462. The van der Waals surface area contributed by atoms with Crippen molar-refractivity contribution in [1.82, 2.24) is 4.31 Å². The molecule has 1 aliphatic heterocycles. The van der Waals surface area contributed by atoms with Gasteiger partial charge in [0.1, 0.15) is 11.8 Å². The fourth-order valence-electron chi connectivity index (χ4n) is 2.28. The summed E-state index contributed by atoms with van der Waals surface area (Å²) in [6.07, 6.45) is -0.857. The molecule has 21 heavy (non-hydrogen) atoms. The highest BCUT2D eigenvalue weighted by Gasteiger charge is 2.44. The summed E-state index contributed by atoms with van der Waals surface area (Å²) in [5.41, 5.74) is 0. The van der Waals surface area contributed by atoms with Crippen LogP contribution in [0, 0.1) is 0 Å². The van der Waals surface area contributed by atoms with Gasteiger partial charge in [0.05, 0.1) is 25.2 Å². The summed E-state index contributed by atoms with van der Waals surface area (Å²) in [5.74, 6) is -0.149. The molecule has 7 nitrogen and oxygen atoms in total. The lowest BCUT2D eigenvalue weighted by atomic mass is 10.2. The van der Waals surface area contributed by atoms with Crippen LogP contribution in [0.5, 0.6) is 5.75 Å². The van der Waals surface area contributed by atoms with Crippen LogP contribution in [0.25, 0.3) is 0 Å². The SMILES string of the molecule is COC(=O)[C@H]1C[C@@H](O)CN1S(=O)(=O)c1ccc(OC)cc1. The smallest absolute Gasteiger partial charge is 0.324 e. The van der Waals surface area contributed by atoms with Gasteiger partial charge >= 0.3 is 5.97 Å². The van der Waals surface area contributed by atoms with Crippen LogP contribution in [0.1, 0.15) is 6.42 Å². The first-order chi connectivity index (χ1) is 9.90. The van der Waals surface area contributed by atoms with Crippen molar-refractivity contribution in [2.75, 3.05) is 20.8 Å². The Morgan fingerprint density at radius 3 is 2.43 bits per heavy atom. The van der Waals surface area contributed by atoms with Gasteiger partial charge in [0.25, 0.3) is 0 Å². The molecular formula is C13H17NO6S. The number of rotatable bonds is 4. The molecule has 1 aromatic carbocycles. The van der Waals surface area contributed by atoms with Gasteiger partial charge in [0.2, 0.25) is 10.0 Å². The minimum Gasteiger partial charge on any atom is -0.497 e. The molecule has 0 aliphatic carbocycles. The lowest BCUT2D eigenvalue weighted by Gasteiger charge is -2.21. The third kappa shape index (κ3) is 3.02. The van der Waals surface area contributed by atoms with Gasteiger partial charge in [-0.15, -0.1) is 0 Å². The van der Waals surface area contributed by atoms with Crippen LogP contribution in [-0.2, 0) is 19.6 Å². The Morgan fingerprint density at radius 1 is 1.29 bits per heavy atom. The highest BCUT2D eigenvalue weighted by Crippen LogP contribution is 2.28. The number of carbonyl (C=O) groups is 1. The number of hydrogen-bond donors (Lipinski definition) is 1. The quantitative estimate of drug-likeness (QED) is 0.786. The molecule has 0 spiro atoms. The van der Waals surface area contributed by atoms with Crippen molar-refractivity contribution in [3.05, 3.63) is 24.3 Å². The maximum atomic E-state index is 12.6. The van der Waals surface area contributed by atoms with E-state index in [0.717, 1.165) is 4.31 Å². The van der Waals surface area contributed by atoms with Gasteiger partial charge in [-0.1, -0.05) is 0 Å². The normalized spacial score (nSPS) is 23.0. The number of sulfonamides is 1. The molecule has 1 N–H and O–H groups in total. The van der Waals surface area contributed by atoms with E-state index in [2.05, 4.69) is 4.74 Å². The summed E-state index contributed by atoms with van der Waals surface area (Å²) in [6.45, 7) is -0.131. The number of aliphatic hydroxyl groups excluding tert-OH is 1. The van der Waals surface area contributed by atoms with Gasteiger partial charge in [-0.25, -0.2) is 8.42 Å². The van der Waals surface area contributed by atoms with Crippen molar-refractivity contribution in [3.8, 4) is 5.75 Å². The number of esters is 1. The van der Waals surface area contributed by atoms with Crippen molar-refractivity contribution in [2.24, 2.45) is 0 Å². The molecule has 1 heterocycles. The van der Waals surface area contributed by atoms with Gasteiger partial charge < -0.3 is 14.6 Å². The highest BCUT2D eigenvalue weighted by molar-refractivity contribution is 7.89. The Hall–Kier alpha value is -1.64. The summed E-state index contributed by atoms with van der Waals surface area (Å²) in [6, 6.07) is 4.83. The van der Waals surface area contributed by atoms with Crippen LogP contribution in [0.15, 0.2) is 29.2 Å². The molecule has 1 fully saturated rings. The molecule has 1 aromatic rings. The molecule has 0 saturated carbocycles. The van der Waals surface area contributed by atoms with Crippen molar-refractivity contribution in [3.63, 3.8) is 0 Å². The first-order valence-corrected chi connectivity index (χ1v) is 7.76. The molecule has 1 saturated heterocycles. The Morgan fingerprint density at radius 2 is 1.90 bits per heavy atom. The Labute approximate surface area is 123 Å². The molecule has 1 aliphatic rings. The van der Waals surface area contributed by atoms with Crippen LogP contribution in [-0.4, -0.2) is 56.7 Å². The number of aliphatic hydroxyl groups is 1. The molecule has 2 atom stereocenters. The third-order valence-electron chi connectivity index (χ3n) is 3.37. The van der Waals surface area contributed by atoms with Crippen LogP contribution >= 0.6 is 0 Å². The van der Waals surface area contributed by atoms with E-state index in [-0.39, 0.29) is 17.9 Å². The molecular weight excluding hydrogens is 298 g/mol. The standard InChI is InChI=1S/C13H17NO6S/c1-19-10-3-5-11(6-4-10)21(17,18)14-8-9(15)7-12(14)13(16)20-2/h3-6,9,12,15H,7-8H2,1-2H3/t9-,12-/m1/s1. The number of β-amino-alcohol motifs (C(OH)–C–C–N with tert-alkyl or cyclic N) is 1. The zero-order valence-corrected chi connectivity index (χ0v) is 12.5. The van der Waals surface area contributed by atoms with E-state index in [0.29, 0.717) is 5.75 Å². The Balaban J connectivity index is 2.34. The van der Waals surface area contributed by atoms with Gasteiger partial charge in [-0.05, 0) is 24.3 Å². The second kappa shape index (κ2) is 6.00. The van der Waals surface area contributed by atoms with E-state index in [4.69, 9.17) is 4.74 Å². The third-order valence-corrected chi connectivity index (χ3v) is 5.26. The van der Waals surface area contributed by atoms with Crippen molar-refractivity contribution in [1.29, 1.82) is 0 Å². The van der Waals surface area contributed by atoms with E-state index in [1.54, 1.807) is 0 Å². The second-order valence-electron chi connectivity index (χ2n) is 4.68. The maximum absolute atomic E-state index is 12.6. The monoisotopic (exact) mass is 315 g/mol. The molecule has 0 unspecified atom stereocenters. The molecule has 0 aromatic heterocycles. The van der Waals surface area contributed by atoms with Crippen LogP contribution < -0.4 is 4.74 Å². The van der Waals surface area contributed by atoms with Crippen molar-refractivity contribution >= 4 is 16.0 Å². The zero-order chi connectivity index (χ0) is 15.6. The predicted octanol–water partition coefficient (Wildman–Crippen LogP) is -0.00790. The summed E-state index contributed by atoms with van der Waals surface area (Å²) in [5, 5.41) is 9.67. The Bertz CT molecular complexity index is 612. The number of ether oxygens (including phenoxy) is 2. The number of carbonyl (C=O) groups excluding carboxylic acids is 1. The van der Waals surface area contributed by atoms with Gasteiger partial charge in [-0.3, -0.25) is 4.79 Å². The average molecular weight is 315 g/mol. The largest absolute Gasteiger partial charge is 0.497 e. The topological polar surface area (TPSA) is 93.1 Å². The average Bonchev–Trinajstić information content (AvgIpc) is 2.89. The first-order valence-electron chi connectivity index (χ1n) is 6.32. The minimum absolute atomic E-state index is 0.0298. The van der Waals surface area contributed by atoms with Crippen LogP contribution in [0.3, 0.4) is 0 Å². The van der Waals surface area contributed by atoms with E-state index in [9.17, 15) is 18.3 Å². The first kappa shape index (κ1) is 15.7. The van der Waals surface area contributed by atoms with Crippen molar-refractivity contribution < 1.29 is 27.8 Å². The molecule has 0 radical (unpaired) electrons. The number of benzene rings is 1. The zero-order valence-electron chi connectivity index (χ0n) is 11.7. The van der Waals surface area contributed by atoms with Gasteiger partial charge in [0.15, 0.2) is 0 Å². The van der Waals surface area contributed by atoms with Crippen LogP contribution in [0.2, 0.25) is 0 Å². The predicted molar refractivity (Wildman–Crippen MR) is 73.3 cm³/mol. The maximum Gasteiger partial charge on any atom is 0.324 e. The Kier molecular flexibility index (Phi) is 4.50. The molecule has 8 heteroatoms. The van der Waals surface area contributed by atoms with E-state index in [1.165, 1.54) is 38.5 Å². The lowest BCUT2D eigenvalue weighted by Crippen LogP contribution is -2.41. The lowest BCUT2D eigenvalue weighted by molar-refractivity contribution is -0.144. The van der Waals surface area contributed by atoms with E-state index >= 15 is 0 Å². The molecule has 2 rings (SSSR count).